The standard InChI is InChI=1S/C11H9BrF2INO/c12-4-6-1-10(17)16(5-6)11-8(13)2-7(15)3-9(11)14/h2-3,6H,1,4-5H2. The molecule has 0 radical (unpaired) electrons. The first-order chi connectivity index (χ1) is 8.02. The van der Waals surface area contributed by atoms with Crippen LogP contribution in [-0.4, -0.2) is 17.8 Å². The van der Waals surface area contributed by atoms with E-state index < -0.39 is 11.6 Å². The van der Waals surface area contributed by atoms with Crippen molar-refractivity contribution in [2.45, 2.75) is 6.42 Å². The maximum absolute atomic E-state index is 13.7. The minimum atomic E-state index is -0.682. The number of hydrogen-bond donors (Lipinski definition) is 0. The lowest BCUT2D eigenvalue weighted by molar-refractivity contribution is -0.117. The minimum absolute atomic E-state index is 0.112. The van der Waals surface area contributed by atoms with Crippen molar-refractivity contribution in [3.05, 3.63) is 27.3 Å². The lowest BCUT2D eigenvalue weighted by atomic mass is 10.2. The molecule has 17 heavy (non-hydrogen) atoms. The molecule has 1 aromatic carbocycles. The zero-order valence-corrected chi connectivity index (χ0v) is 12.5. The van der Waals surface area contributed by atoms with Crippen molar-refractivity contribution < 1.29 is 13.6 Å². The summed E-state index contributed by atoms with van der Waals surface area (Å²) in [6.45, 7) is 0.360. The quantitative estimate of drug-likeness (QED) is 0.536. The molecular formula is C11H9BrF2INO. The van der Waals surface area contributed by atoms with E-state index in [9.17, 15) is 13.6 Å². The van der Waals surface area contributed by atoms with E-state index in [1.165, 1.54) is 17.0 Å². The van der Waals surface area contributed by atoms with Crippen LogP contribution in [0.15, 0.2) is 12.1 Å². The number of nitrogens with zero attached hydrogens (tertiary/aromatic N) is 1. The number of rotatable bonds is 2. The Kier molecular flexibility index (Phi) is 4.02. The molecular weight excluding hydrogens is 407 g/mol. The molecule has 0 aromatic heterocycles. The average Bonchev–Trinajstić information content (AvgIpc) is 2.59. The van der Waals surface area contributed by atoms with Gasteiger partial charge in [0.05, 0.1) is 0 Å². The zero-order chi connectivity index (χ0) is 12.6. The van der Waals surface area contributed by atoms with Gasteiger partial charge in [-0.1, -0.05) is 15.9 Å². The Morgan fingerprint density at radius 3 is 2.47 bits per heavy atom. The van der Waals surface area contributed by atoms with Gasteiger partial charge in [0.15, 0.2) is 11.6 Å². The van der Waals surface area contributed by atoms with Gasteiger partial charge < -0.3 is 4.90 Å². The number of hydrogen-bond acceptors (Lipinski definition) is 1. The lowest BCUT2D eigenvalue weighted by Gasteiger charge is -2.18. The molecule has 1 aliphatic rings. The number of alkyl halides is 1. The highest BCUT2D eigenvalue weighted by Crippen LogP contribution is 2.31. The smallest absolute Gasteiger partial charge is 0.227 e. The van der Waals surface area contributed by atoms with Crippen molar-refractivity contribution in [2.24, 2.45) is 5.92 Å². The monoisotopic (exact) mass is 415 g/mol. The molecule has 1 heterocycles. The first-order valence-electron chi connectivity index (χ1n) is 5.03. The molecule has 1 aliphatic heterocycles. The van der Waals surface area contributed by atoms with Crippen LogP contribution in [0.3, 0.4) is 0 Å². The highest BCUT2D eigenvalue weighted by molar-refractivity contribution is 14.1. The summed E-state index contributed by atoms with van der Waals surface area (Å²) < 4.78 is 27.9. The Hall–Kier alpha value is -0.240. The number of amides is 1. The largest absolute Gasteiger partial charge is 0.307 e. The molecule has 0 spiro atoms. The molecule has 0 bridgehead atoms. The number of benzene rings is 1. The molecule has 1 saturated heterocycles. The normalized spacial score (nSPS) is 20.1. The molecule has 0 N–H and O–H groups in total. The van der Waals surface area contributed by atoms with E-state index in [1.54, 1.807) is 0 Å². The summed E-state index contributed by atoms with van der Waals surface area (Å²) in [7, 11) is 0. The van der Waals surface area contributed by atoms with Crippen LogP contribution < -0.4 is 4.90 Å². The Morgan fingerprint density at radius 1 is 1.41 bits per heavy atom. The zero-order valence-electron chi connectivity index (χ0n) is 8.72. The van der Waals surface area contributed by atoms with E-state index in [1.807, 2.05) is 22.6 Å². The van der Waals surface area contributed by atoms with Crippen LogP contribution in [0.4, 0.5) is 14.5 Å². The number of carbonyl (C=O) groups excluding carboxylic acids is 1. The van der Waals surface area contributed by atoms with Crippen LogP contribution in [0.25, 0.3) is 0 Å². The first-order valence-corrected chi connectivity index (χ1v) is 7.23. The van der Waals surface area contributed by atoms with Gasteiger partial charge in [-0.15, -0.1) is 0 Å². The van der Waals surface area contributed by atoms with Gasteiger partial charge in [0.2, 0.25) is 5.91 Å². The van der Waals surface area contributed by atoms with Crippen LogP contribution in [0.1, 0.15) is 6.42 Å². The van der Waals surface area contributed by atoms with Gasteiger partial charge in [-0.25, -0.2) is 8.78 Å². The van der Waals surface area contributed by atoms with Crippen molar-refractivity contribution in [3.63, 3.8) is 0 Å². The molecule has 1 aromatic rings. The summed E-state index contributed by atoms with van der Waals surface area (Å²) in [6, 6.07) is 2.46. The third kappa shape index (κ3) is 2.62. The Balaban J connectivity index is 2.38. The van der Waals surface area contributed by atoms with Gasteiger partial charge in [-0.05, 0) is 40.6 Å². The SMILES string of the molecule is O=C1CC(CBr)CN1c1c(F)cc(I)cc1F. The topological polar surface area (TPSA) is 20.3 Å². The summed E-state index contributed by atoms with van der Waals surface area (Å²) in [5, 5.41) is 0.656. The van der Waals surface area contributed by atoms with E-state index in [0.29, 0.717) is 21.9 Å². The molecule has 2 rings (SSSR count). The van der Waals surface area contributed by atoms with Crippen molar-refractivity contribution in [3.8, 4) is 0 Å². The highest BCUT2D eigenvalue weighted by atomic mass is 127. The summed E-state index contributed by atoms with van der Waals surface area (Å²) in [6.07, 6.45) is 0.329. The van der Waals surface area contributed by atoms with Crippen molar-refractivity contribution in [2.75, 3.05) is 16.8 Å². The van der Waals surface area contributed by atoms with E-state index >= 15 is 0 Å². The van der Waals surface area contributed by atoms with Crippen LogP contribution in [0.5, 0.6) is 0 Å². The van der Waals surface area contributed by atoms with E-state index in [-0.39, 0.29) is 17.5 Å². The summed E-state index contributed by atoms with van der Waals surface area (Å²) >= 11 is 5.12. The first kappa shape index (κ1) is 13.2. The molecule has 1 amide bonds. The van der Waals surface area contributed by atoms with E-state index in [0.717, 1.165) is 0 Å². The minimum Gasteiger partial charge on any atom is -0.307 e. The fourth-order valence-electron chi connectivity index (χ4n) is 1.89. The average molecular weight is 416 g/mol. The van der Waals surface area contributed by atoms with Gasteiger partial charge in [0, 0.05) is 21.9 Å². The summed E-state index contributed by atoms with van der Waals surface area (Å²) in [5.74, 6) is -1.48. The summed E-state index contributed by atoms with van der Waals surface area (Å²) in [5.41, 5.74) is -0.223. The predicted octanol–water partition coefficient (Wildman–Crippen LogP) is 3.32. The van der Waals surface area contributed by atoms with Crippen LogP contribution >= 0.6 is 38.5 Å². The van der Waals surface area contributed by atoms with E-state index in [4.69, 9.17) is 0 Å². The summed E-state index contributed by atoms with van der Waals surface area (Å²) in [4.78, 5) is 12.9. The molecule has 1 unspecified atom stereocenters. The molecule has 1 fully saturated rings. The molecule has 6 heteroatoms. The molecule has 0 saturated carbocycles. The van der Waals surface area contributed by atoms with Crippen LogP contribution in [-0.2, 0) is 4.79 Å². The number of anilines is 1. The second kappa shape index (κ2) is 5.17. The molecule has 0 aliphatic carbocycles. The van der Waals surface area contributed by atoms with Crippen molar-refractivity contribution in [1.82, 2.24) is 0 Å². The van der Waals surface area contributed by atoms with Gasteiger partial charge in [-0.3, -0.25) is 4.79 Å². The molecule has 2 nitrogen and oxygen atoms in total. The lowest BCUT2D eigenvalue weighted by Crippen LogP contribution is -2.27. The van der Waals surface area contributed by atoms with Crippen molar-refractivity contribution in [1.29, 1.82) is 0 Å². The Morgan fingerprint density at radius 2 is 2.00 bits per heavy atom. The third-order valence-corrected chi connectivity index (χ3v) is 4.21. The van der Waals surface area contributed by atoms with Gasteiger partial charge in [-0.2, -0.15) is 0 Å². The Labute approximate surface area is 120 Å². The highest BCUT2D eigenvalue weighted by Gasteiger charge is 2.33. The van der Waals surface area contributed by atoms with Gasteiger partial charge >= 0.3 is 0 Å². The third-order valence-electron chi connectivity index (χ3n) is 2.67. The number of carbonyl (C=O) groups is 1. The van der Waals surface area contributed by atoms with Gasteiger partial charge in [0.1, 0.15) is 5.69 Å². The molecule has 1 atom stereocenters. The fourth-order valence-corrected chi connectivity index (χ4v) is 2.87. The van der Waals surface area contributed by atoms with Crippen molar-refractivity contribution >= 4 is 50.1 Å². The van der Waals surface area contributed by atoms with E-state index in [2.05, 4.69) is 15.9 Å². The second-order valence-electron chi connectivity index (χ2n) is 3.95. The number of halogens is 4. The second-order valence-corrected chi connectivity index (χ2v) is 5.84. The Bertz CT molecular complexity index is 446. The predicted molar refractivity (Wildman–Crippen MR) is 73.3 cm³/mol. The fraction of sp³-hybridized carbons (Fsp3) is 0.364. The van der Waals surface area contributed by atoms with Gasteiger partial charge in [0.25, 0.3) is 0 Å². The van der Waals surface area contributed by atoms with Crippen LogP contribution in [0, 0.1) is 21.1 Å². The maximum atomic E-state index is 13.7. The molecule has 92 valence electrons. The van der Waals surface area contributed by atoms with Crippen LogP contribution in [0.2, 0.25) is 0 Å². The maximum Gasteiger partial charge on any atom is 0.227 e.